The first-order valence-corrected chi connectivity index (χ1v) is 6.04. The maximum atomic E-state index is 4.45. The minimum atomic E-state index is 0. The van der Waals surface area contributed by atoms with Crippen molar-refractivity contribution in [3.05, 3.63) is 54.1 Å². The van der Waals surface area contributed by atoms with E-state index in [4.69, 9.17) is 0 Å². The van der Waals surface area contributed by atoms with Crippen LogP contribution in [0.15, 0.2) is 63.2 Å². The molecule has 0 bridgehead atoms. The maximum Gasteiger partial charge on any atom is 1.00 e. The van der Waals surface area contributed by atoms with Crippen LogP contribution in [0.25, 0.3) is 0 Å². The fraction of sp³-hybridized carbons (Fsp3) is 0.0769. The van der Waals surface area contributed by atoms with Crippen molar-refractivity contribution in [2.24, 2.45) is 0 Å². The van der Waals surface area contributed by atoms with Crippen LogP contribution in [0.1, 0.15) is 6.99 Å². The molecule has 0 aromatic heterocycles. The van der Waals surface area contributed by atoms with E-state index < -0.39 is 0 Å². The smallest absolute Gasteiger partial charge is 1.00 e. The van der Waals surface area contributed by atoms with Gasteiger partial charge in [-0.25, -0.2) is 0 Å². The van der Waals surface area contributed by atoms with E-state index in [-0.39, 0.29) is 31.0 Å². The topological polar surface area (TPSA) is 0 Å². The van der Waals surface area contributed by atoms with Crippen LogP contribution in [0.4, 0.5) is 0 Å². The third kappa shape index (κ3) is 3.86. The molecule has 0 unspecified atom stereocenters. The second kappa shape index (κ2) is 6.77. The molecule has 0 aliphatic heterocycles. The normalized spacial score (nSPS) is 9.62. The molecule has 0 amide bonds. The first kappa shape index (κ1) is 14.2. The molecular weight excluding hydrogens is 243 g/mol. The minimum Gasteiger partial charge on any atom is -1.00 e. The second-order valence-electron chi connectivity index (χ2n) is 3.39. The van der Waals surface area contributed by atoms with Crippen LogP contribution in [0.2, 0.25) is 0 Å². The number of benzene rings is 2. The maximum absolute atomic E-state index is 4.45. The summed E-state index contributed by atoms with van der Waals surface area (Å²) in [4.78, 5) is 3.50. The van der Waals surface area contributed by atoms with Gasteiger partial charge < -0.3 is 1.43 Å². The first-order valence-electron chi connectivity index (χ1n) is 4.78. The molecule has 0 aliphatic rings. The Hall–Kier alpha value is 0.140. The predicted molar refractivity (Wildman–Crippen MR) is 70.1 cm³/mol. The summed E-state index contributed by atoms with van der Waals surface area (Å²) in [5, 5.41) is 0. The summed E-state index contributed by atoms with van der Waals surface area (Å²) in [5.41, 5.74) is 1.27. The van der Waals surface area contributed by atoms with Crippen molar-refractivity contribution in [2.45, 2.75) is 21.6 Å². The fourth-order valence-electron chi connectivity index (χ4n) is 1.32. The van der Waals surface area contributed by atoms with Gasteiger partial charge in [0.05, 0.1) is 0 Å². The van der Waals surface area contributed by atoms with Crippen molar-refractivity contribution in [3.63, 3.8) is 0 Å². The van der Waals surface area contributed by atoms with Crippen molar-refractivity contribution in [1.29, 1.82) is 0 Å². The van der Waals surface area contributed by atoms with Gasteiger partial charge >= 0.3 is 29.6 Å². The summed E-state index contributed by atoms with van der Waals surface area (Å²) in [7, 11) is 0. The summed E-state index contributed by atoms with van der Waals surface area (Å²) >= 11 is 6.21. The van der Waals surface area contributed by atoms with Crippen LogP contribution >= 0.6 is 24.4 Å². The van der Waals surface area contributed by atoms with E-state index in [1.54, 1.807) is 11.8 Å². The summed E-state index contributed by atoms with van der Waals surface area (Å²) < 4.78 is 0. The molecule has 0 heterocycles. The van der Waals surface area contributed by atoms with Crippen LogP contribution in [0.3, 0.4) is 0 Å². The van der Waals surface area contributed by atoms with Gasteiger partial charge in [-0.05, 0) is 36.8 Å². The summed E-state index contributed by atoms with van der Waals surface area (Å²) in [5.74, 6) is 0. The molecule has 0 radical (unpaired) electrons. The SMILES string of the molecule is Cc1ccc(S)c(Sc2ccccc2)c1.[H-].[Na+]. The molecule has 2 aromatic rings. The van der Waals surface area contributed by atoms with Gasteiger partial charge in [-0.2, -0.15) is 0 Å². The molecule has 2 aromatic carbocycles. The Labute approximate surface area is 130 Å². The molecule has 78 valence electrons. The van der Waals surface area contributed by atoms with Gasteiger partial charge in [-0.15, -0.1) is 12.6 Å². The monoisotopic (exact) mass is 256 g/mol. The van der Waals surface area contributed by atoms with Crippen LogP contribution in [0.5, 0.6) is 0 Å². The number of rotatable bonds is 2. The van der Waals surface area contributed by atoms with E-state index in [9.17, 15) is 0 Å². The molecule has 2 rings (SSSR count). The quantitative estimate of drug-likeness (QED) is 0.628. The molecule has 0 saturated carbocycles. The van der Waals surface area contributed by atoms with E-state index in [1.165, 1.54) is 15.4 Å². The molecule has 0 nitrogen and oxygen atoms in total. The Bertz CT molecular complexity index is 460. The van der Waals surface area contributed by atoms with E-state index >= 15 is 0 Å². The Morgan fingerprint density at radius 3 is 2.44 bits per heavy atom. The largest absolute Gasteiger partial charge is 1.00 e. The first-order chi connectivity index (χ1) is 7.25. The van der Waals surface area contributed by atoms with Crippen molar-refractivity contribution in [1.82, 2.24) is 0 Å². The van der Waals surface area contributed by atoms with Crippen LogP contribution in [-0.4, -0.2) is 0 Å². The zero-order chi connectivity index (χ0) is 10.7. The Kier molecular flexibility index (Phi) is 6.01. The third-order valence-electron chi connectivity index (χ3n) is 2.09. The van der Waals surface area contributed by atoms with Gasteiger partial charge in [0, 0.05) is 14.7 Å². The standard InChI is InChI=1S/C13H12S2.Na.H/c1-10-7-8-12(14)13(9-10)15-11-5-3-2-4-6-11;;/h2-9,14H,1H3;;/q;+1;-1. The van der Waals surface area contributed by atoms with E-state index in [0.29, 0.717) is 0 Å². The number of hydrogen-bond acceptors (Lipinski definition) is 2. The van der Waals surface area contributed by atoms with Crippen molar-refractivity contribution < 1.29 is 31.0 Å². The average Bonchev–Trinajstić information content (AvgIpc) is 2.25. The molecule has 0 aliphatic carbocycles. The van der Waals surface area contributed by atoms with Crippen LogP contribution in [0, 0.1) is 6.92 Å². The summed E-state index contributed by atoms with van der Waals surface area (Å²) in [6, 6.07) is 16.6. The zero-order valence-electron chi connectivity index (χ0n) is 10.5. The minimum absolute atomic E-state index is 0. The van der Waals surface area contributed by atoms with E-state index in [2.05, 4.69) is 56.0 Å². The Morgan fingerprint density at radius 1 is 1.06 bits per heavy atom. The Balaban J connectivity index is 0.00000128. The molecule has 0 fully saturated rings. The third-order valence-corrected chi connectivity index (χ3v) is 3.69. The average molecular weight is 256 g/mol. The van der Waals surface area contributed by atoms with Gasteiger partial charge in [0.15, 0.2) is 0 Å². The van der Waals surface area contributed by atoms with Crippen LogP contribution < -0.4 is 29.6 Å². The van der Waals surface area contributed by atoms with Gasteiger partial charge in [0.2, 0.25) is 0 Å². The summed E-state index contributed by atoms with van der Waals surface area (Å²) in [6.07, 6.45) is 0. The number of thiol groups is 1. The summed E-state index contributed by atoms with van der Waals surface area (Å²) in [6.45, 7) is 2.10. The van der Waals surface area contributed by atoms with Gasteiger partial charge in [-0.1, -0.05) is 36.0 Å². The fourth-order valence-corrected chi connectivity index (χ4v) is 2.56. The van der Waals surface area contributed by atoms with Crippen LogP contribution in [-0.2, 0) is 0 Å². The van der Waals surface area contributed by atoms with Crippen molar-refractivity contribution in [3.8, 4) is 0 Å². The number of aryl methyl sites for hydroxylation is 1. The van der Waals surface area contributed by atoms with Crippen molar-refractivity contribution >= 4 is 24.4 Å². The van der Waals surface area contributed by atoms with Gasteiger partial charge in [0.25, 0.3) is 0 Å². The molecule has 0 N–H and O–H groups in total. The molecule has 16 heavy (non-hydrogen) atoms. The van der Waals surface area contributed by atoms with Crippen molar-refractivity contribution in [2.75, 3.05) is 0 Å². The molecule has 0 atom stereocenters. The second-order valence-corrected chi connectivity index (χ2v) is 4.98. The Morgan fingerprint density at radius 2 is 1.75 bits per heavy atom. The molecule has 0 saturated heterocycles. The molecule has 0 spiro atoms. The predicted octanol–water partition coefficient (Wildman–Crippen LogP) is 1.55. The number of hydrogen-bond donors (Lipinski definition) is 1. The van der Waals surface area contributed by atoms with Gasteiger partial charge in [-0.3, -0.25) is 0 Å². The zero-order valence-corrected chi connectivity index (χ0v) is 13.2. The van der Waals surface area contributed by atoms with E-state index in [0.717, 1.165) is 4.90 Å². The van der Waals surface area contributed by atoms with Gasteiger partial charge in [0.1, 0.15) is 0 Å². The molecular formula is C13H13NaS2. The van der Waals surface area contributed by atoms with E-state index in [1.807, 2.05) is 12.1 Å². The molecule has 3 heteroatoms.